The third-order valence-electron chi connectivity index (χ3n) is 5.01. The van der Waals surface area contributed by atoms with Crippen molar-refractivity contribution in [3.63, 3.8) is 0 Å². The second kappa shape index (κ2) is 5.89. The van der Waals surface area contributed by atoms with E-state index in [2.05, 4.69) is 58.3 Å². The Labute approximate surface area is 157 Å². The van der Waals surface area contributed by atoms with Crippen LogP contribution in [-0.4, -0.2) is 14.3 Å². The van der Waals surface area contributed by atoms with Gasteiger partial charge in [-0.2, -0.15) is 10.4 Å². The molecule has 0 spiro atoms. The molecule has 0 fully saturated rings. The Balaban J connectivity index is 1.82. The average Bonchev–Trinajstić information content (AvgIpc) is 3.32. The van der Waals surface area contributed by atoms with E-state index < -0.39 is 0 Å². The molecule has 0 bridgehead atoms. The molecule has 2 aromatic heterocycles. The zero-order valence-corrected chi connectivity index (χ0v) is 14.8. The maximum absolute atomic E-state index is 9.64. The Morgan fingerprint density at radius 1 is 1.04 bits per heavy atom. The van der Waals surface area contributed by atoms with Gasteiger partial charge in [0.1, 0.15) is 11.6 Å². The Hall–Kier alpha value is -3.78. The first-order valence-electron chi connectivity index (χ1n) is 8.84. The number of nitriles is 1. The van der Waals surface area contributed by atoms with Crippen molar-refractivity contribution in [2.75, 3.05) is 5.32 Å². The summed E-state index contributed by atoms with van der Waals surface area (Å²) in [7, 11) is 0. The molecule has 1 aliphatic rings. The summed E-state index contributed by atoms with van der Waals surface area (Å²) in [5, 5.41) is 17.8. The summed E-state index contributed by atoms with van der Waals surface area (Å²) < 4.78 is 3.88. The van der Waals surface area contributed by atoms with Gasteiger partial charge in [0.25, 0.3) is 0 Å². The van der Waals surface area contributed by atoms with Crippen molar-refractivity contribution >= 4 is 5.69 Å². The minimum Gasteiger partial charge on any atom is -0.371 e. The molecule has 5 rings (SSSR count). The number of anilines is 1. The topological polar surface area (TPSA) is 58.6 Å². The summed E-state index contributed by atoms with van der Waals surface area (Å²) in [5.74, 6) is 0.767. The molecule has 1 atom stereocenters. The van der Waals surface area contributed by atoms with E-state index >= 15 is 0 Å². The van der Waals surface area contributed by atoms with E-state index in [1.165, 1.54) is 11.1 Å². The zero-order chi connectivity index (χ0) is 18.4. The van der Waals surface area contributed by atoms with Gasteiger partial charge < -0.3 is 9.88 Å². The largest absolute Gasteiger partial charge is 0.371 e. The summed E-state index contributed by atoms with van der Waals surface area (Å²) in [5.41, 5.74) is 5.90. The van der Waals surface area contributed by atoms with Crippen molar-refractivity contribution in [3.8, 4) is 17.6 Å². The molecule has 4 aromatic rings. The summed E-state index contributed by atoms with van der Waals surface area (Å²) in [6.45, 7) is 2.09. The fourth-order valence-corrected chi connectivity index (χ4v) is 3.67. The number of fused-ring (bicyclic) bond motifs is 5. The predicted octanol–water partition coefficient (Wildman–Crippen LogP) is 4.36. The molecule has 0 aliphatic carbocycles. The summed E-state index contributed by atoms with van der Waals surface area (Å²) >= 11 is 0. The number of nitrogens with zero attached hydrogens (tertiary/aromatic N) is 4. The van der Waals surface area contributed by atoms with Crippen molar-refractivity contribution in [2.45, 2.75) is 13.0 Å². The molecule has 1 N–H and O–H groups in total. The lowest BCUT2D eigenvalue weighted by molar-refractivity contribution is 0.754. The third-order valence-corrected chi connectivity index (χ3v) is 5.01. The number of rotatable bonds is 1. The number of aryl methyl sites for hydroxylation is 1. The SMILES string of the molecule is Cc1ccc(C2Nc3ccccc3-n3ncc(C#N)c3-n3cccc32)cc1. The maximum Gasteiger partial charge on any atom is 0.158 e. The normalized spacial score (nSPS) is 14.7. The van der Waals surface area contributed by atoms with Crippen LogP contribution < -0.4 is 5.32 Å². The van der Waals surface area contributed by atoms with Crippen LogP contribution in [0.3, 0.4) is 0 Å². The fourth-order valence-electron chi connectivity index (χ4n) is 3.67. The van der Waals surface area contributed by atoms with E-state index in [1.54, 1.807) is 6.20 Å². The third kappa shape index (κ3) is 2.35. The molecule has 130 valence electrons. The molecular formula is C22H17N5. The van der Waals surface area contributed by atoms with Gasteiger partial charge >= 0.3 is 0 Å². The summed E-state index contributed by atoms with van der Waals surface area (Å²) in [6.07, 6.45) is 3.61. The lowest BCUT2D eigenvalue weighted by Gasteiger charge is -2.27. The molecule has 5 heteroatoms. The fraction of sp³-hybridized carbons (Fsp3) is 0.0909. The van der Waals surface area contributed by atoms with Gasteiger partial charge in [0.05, 0.1) is 29.3 Å². The Kier molecular flexibility index (Phi) is 3.37. The first-order chi connectivity index (χ1) is 13.3. The first-order valence-corrected chi connectivity index (χ1v) is 8.84. The van der Waals surface area contributed by atoms with Crippen LogP contribution in [0.15, 0.2) is 73.1 Å². The predicted molar refractivity (Wildman–Crippen MR) is 104 cm³/mol. The van der Waals surface area contributed by atoms with Crippen molar-refractivity contribution in [1.29, 1.82) is 5.26 Å². The highest BCUT2D eigenvalue weighted by atomic mass is 15.4. The molecule has 0 radical (unpaired) electrons. The number of hydrogen-bond acceptors (Lipinski definition) is 3. The Bertz CT molecular complexity index is 1170. The quantitative estimate of drug-likeness (QED) is 0.554. The standard InChI is InChI=1S/C22H17N5/c1-15-8-10-16(11-9-15)21-20-7-4-12-26(20)22-17(13-23)14-24-27(22)19-6-3-2-5-18(19)25-21/h2-12,14,21,25H,1H3. The summed E-state index contributed by atoms with van der Waals surface area (Å²) in [4.78, 5) is 0. The molecule has 0 saturated heterocycles. The van der Waals surface area contributed by atoms with Crippen LogP contribution in [0.25, 0.3) is 11.5 Å². The van der Waals surface area contributed by atoms with E-state index in [1.807, 2.05) is 41.2 Å². The van der Waals surface area contributed by atoms with Gasteiger partial charge in [-0.25, -0.2) is 4.68 Å². The van der Waals surface area contributed by atoms with Gasteiger partial charge in [-0.1, -0.05) is 42.0 Å². The number of para-hydroxylation sites is 2. The van der Waals surface area contributed by atoms with Gasteiger partial charge in [-0.3, -0.25) is 0 Å². The zero-order valence-electron chi connectivity index (χ0n) is 14.8. The Morgan fingerprint density at radius 2 is 1.85 bits per heavy atom. The van der Waals surface area contributed by atoms with Crippen LogP contribution >= 0.6 is 0 Å². The van der Waals surface area contributed by atoms with E-state index in [0.717, 1.165) is 22.9 Å². The number of aromatic nitrogens is 3. The highest BCUT2D eigenvalue weighted by Gasteiger charge is 2.26. The van der Waals surface area contributed by atoms with Gasteiger partial charge in [0.2, 0.25) is 0 Å². The first kappa shape index (κ1) is 15.5. The van der Waals surface area contributed by atoms with E-state index in [-0.39, 0.29) is 6.04 Å². The van der Waals surface area contributed by atoms with Crippen LogP contribution in [0, 0.1) is 18.3 Å². The molecule has 5 nitrogen and oxygen atoms in total. The molecule has 0 amide bonds. The van der Waals surface area contributed by atoms with Crippen LogP contribution in [0.1, 0.15) is 28.4 Å². The Morgan fingerprint density at radius 3 is 2.67 bits per heavy atom. The maximum atomic E-state index is 9.64. The minimum atomic E-state index is -0.0445. The van der Waals surface area contributed by atoms with Gasteiger partial charge in [0.15, 0.2) is 5.82 Å². The van der Waals surface area contributed by atoms with E-state index in [0.29, 0.717) is 5.56 Å². The monoisotopic (exact) mass is 351 g/mol. The van der Waals surface area contributed by atoms with Gasteiger partial charge in [-0.15, -0.1) is 0 Å². The summed E-state index contributed by atoms with van der Waals surface area (Å²) in [6, 6.07) is 22.9. The van der Waals surface area contributed by atoms with Gasteiger partial charge in [0, 0.05) is 6.20 Å². The van der Waals surface area contributed by atoms with Crippen LogP contribution in [-0.2, 0) is 0 Å². The highest BCUT2D eigenvalue weighted by Crippen LogP contribution is 2.36. The lowest BCUT2D eigenvalue weighted by Crippen LogP contribution is -2.22. The van der Waals surface area contributed by atoms with E-state index in [9.17, 15) is 5.26 Å². The molecule has 0 saturated carbocycles. The second-order valence-electron chi connectivity index (χ2n) is 6.71. The van der Waals surface area contributed by atoms with E-state index in [4.69, 9.17) is 0 Å². The van der Waals surface area contributed by atoms with Crippen molar-refractivity contribution in [3.05, 3.63) is 95.4 Å². The minimum absolute atomic E-state index is 0.0445. The number of nitrogens with one attached hydrogen (secondary N) is 1. The van der Waals surface area contributed by atoms with Crippen LogP contribution in [0.4, 0.5) is 5.69 Å². The molecule has 1 unspecified atom stereocenters. The number of hydrogen-bond donors (Lipinski definition) is 1. The highest BCUT2D eigenvalue weighted by molar-refractivity contribution is 5.66. The molecular weight excluding hydrogens is 334 g/mol. The lowest BCUT2D eigenvalue weighted by atomic mass is 10.0. The second-order valence-corrected chi connectivity index (χ2v) is 6.71. The average molecular weight is 351 g/mol. The molecule has 27 heavy (non-hydrogen) atoms. The van der Waals surface area contributed by atoms with Crippen LogP contribution in [0.2, 0.25) is 0 Å². The number of benzene rings is 2. The molecule has 2 aromatic carbocycles. The van der Waals surface area contributed by atoms with Crippen molar-refractivity contribution in [2.24, 2.45) is 0 Å². The van der Waals surface area contributed by atoms with Crippen LogP contribution in [0.5, 0.6) is 0 Å². The molecule has 3 heterocycles. The van der Waals surface area contributed by atoms with Crippen molar-refractivity contribution < 1.29 is 0 Å². The van der Waals surface area contributed by atoms with Crippen molar-refractivity contribution in [1.82, 2.24) is 14.3 Å². The van der Waals surface area contributed by atoms with Gasteiger partial charge in [-0.05, 0) is 36.8 Å². The molecule has 1 aliphatic heterocycles. The smallest absolute Gasteiger partial charge is 0.158 e.